The number of anilines is 1. The van der Waals surface area contributed by atoms with E-state index in [4.69, 9.17) is 11.6 Å². The van der Waals surface area contributed by atoms with Gasteiger partial charge in [-0.05, 0) is 29.8 Å². The van der Waals surface area contributed by atoms with Crippen molar-refractivity contribution >= 4 is 34.6 Å². The Kier molecular flexibility index (Phi) is 3.60. The summed E-state index contributed by atoms with van der Waals surface area (Å²) >= 11 is 5.84. The first-order chi connectivity index (χ1) is 10.5. The van der Waals surface area contributed by atoms with E-state index in [1.165, 1.54) is 29.3 Å². The standard InChI is InChI=1S/C15H10ClN3O3/c16-11-3-1-10(2-4-11)14-9-15(20)18(17-14)12-5-7-13(8-6-12)19(21)22/h1-8H,9H2. The number of benzene rings is 2. The zero-order valence-electron chi connectivity index (χ0n) is 11.3. The lowest BCUT2D eigenvalue weighted by atomic mass is 10.1. The third-order valence-corrected chi connectivity index (χ3v) is 3.51. The van der Waals surface area contributed by atoms with Crippen LogP contribution in [0.5, 0.6) is 0 Å². The molecule has 0 radical (unpaired) electrons. The number of non-ortho nitro benzene ring substituents is 1. The molecule has 0 spiro atoms. The fourth-order valence-corrected chi connectivity index (χ4v) is 2.28. The molecule has 1 heterocycles. The molecule has 0 fully saturated rings. The number of rotatable bonds is 3. The highest BCUT2D eigenvalue weighted by molar-refractivity contribution is 6.30. The molecule has 1 amide bonds. The topological polar surface area (TPSA) is 75.8 Å². The van der Waals surface area contributed by atoms with Crippen molar-refractivity contribution in [3.8, 4) is 0 Å². The van der Waals surface area contributed by atoms with Crippen LogP contribution < -0.4 is 5.01 Å². The Hall–Kier alpha value is -2.73. The van der Waals surface area contributed by atoms with Gasteiger partial charge < -0.3 is 0 Å². The van der Waals surface area contributed by atoms with Crippen molar-refractivity contribution in [3.63, 3.8) is 0 Å². The van der Waals surface area contributed by atoms with Crippen LogP contribution in [0.1, 0.15) is 12.0 Å². The number of nitro groups is 1. The summed E-state index contributed by atoms with van der Waals surface area (Å²) in [6.45, 7) is 0. The van der Waals surface area contributed by atoms with Crippen LogP contribution in [0, 0.1) is 10.1 Å². The highest BCUT2D eigenvalue weighted by Gasteiger charge is 2.26. The number of nitrogens with zero attached hydrogens (tertiary/aromatic N) is 3. The minimum absolute atomic E-state index is 0.0303. The maximum atomic E-state index is 12.1. The summed E-state index contributed by atoms with van der Waals surface area (Å²) in [5.41, 5.74) is 1.93. The average Bonchev–Trinajstić information content (AvgIpc) is 2.90. The van der Waals surface area contributed by atoms with E-state index in [1.807, 2.05) is 0 Å². The fourth-order valence-electron chi connectivity index (χ4n) is 2.15. The molecule has 110 valence electrons. The van der Waals surface area contributed by atoms with Crippen molar-refractivity contribution in [2.24, 2.45) is 5.10 Å². The second kappa shape index (κ2) is 5.57. The van der Waals surface area contributed by atoms with Gasteiger partial charge in [-0.1, -0.05) is 23.7 Å². The molecule has 7 heteroatoms. The lowest BCUT2D eigenvalue weighted by Gasteiger charge is -2.10. The zero-order chi connectivity index (χ0) is 15.7. The average molecular weight is 316 g/mol. The molecule has 2 aromatic carbocycles. The normalized spacial score (nSPS) is 14.1. The Morgan fingerprint density at radius 3 is 2.32 bits per heavy atom. The Balaban J connectivity index is 1.89. The van der Waals surface area contributed by atoms with Crippen LogP contribution in [-0.2, 0) is 4.79 Å². The van der Waals surface area contributed by atoms with E-state index in [1.54, 1.807) is 24.3 Å². The molecule has 1 aliphatic heterocycles. The number of hydrazone groups is 1. The SMILES string of the molecule is O=C1CC(c2ccc(Cl)cc2)=NN1c1ccc([N+](=O)[O-])cc1. The van der Waals surface area contributed by atoms with Gasteiger partial charge >= 0.3 is 0 Å². The maximum Gasteiger partial charge on any atom is 0.269 e. The van der Waals surface area contributed by atoms with E-state index >= 15 is 0 Å². The molecule has 1 aliphatic rings. The van der Waals surface area contributed by atoms with Crippen molar-refractivity contribution in [3.05, 3.63) is 69.2 Å². The second-order valence-electron chi connectivity index (χ2n) is 4.71. The quantitative estimate of drug-likeness (QED) is 0.643. The van der Waals surface area contributed by atoms with Crippen LogP contribution >= 0.6 is 11.6 Å². The molecule has 0 bridgehead atoms. The number of nitro benzene ring substituents is 1. The van der Waals surface area contributed by atoms with Gasteiger partial charge in [-0.15, -0.1) is 0 Å². The van der Waals surface area contributed by atoms with Crippen LogP contribution in [0.15, 0.2) is 53.6 Å². The predicted octanol–water partition coefficient (Wildman–Crippen LogP) is 3.39. The van der Waals surface area contributed by atoms with Crippen molar-refractivity contribution in [1.29, 1.82) is 0 Å². The van der Waals surface area contributed by atoms with E-state index in [2.05, 4.69) is 5.10 Å². The minimum atomic E-state index is -0.488. The van der Waals surface area contributed by atoms with Crippen LogP contribution in [0.3, 0.4) is 0 Å². The van der Waals surface area contributed by atoms with Crippen LogP contribution in [0.4, 0.5) is 11.4 Å². The number of hydrogen-bond acceptors (Lipinski definition) is 4. The lowest BCUT2D eigenvalue weighted by molar-refractivity contribution is -0.384. The molecular weight excluding hydrogens is 306 g/mol. The smallest absolute Gasteiger partial charge is 0.269 e. The van der Waals surface area contributed by atoms with E-state index in [-0.39, 0.29) is 18.0 Å². The van der Waals surface area contributed by atoms with Crippen LogP contribution in [-0.4, -0.2) is 16.5 Å². The van der Waals surface area contributed by atoms with Gasteiger partial charge in [0.1, 0.15) is 0 Å². The molecule has 2 aromatic rings. The van der Waals surface area contributed by atoms with Gasteiger partial charge in [0.2, 0.25) is 0 Å². The summed E-state index contributed by atoms with van der Waals surface area (Å²) < 4.78 is 0. The molecule has 0 aromatic heterocycles. The van der Waals surface area contributed by atoms with Gasteiger partial charge in [-0.25, -0.2) is 5.01 Å². The van der Waals surface area contributed by atoms with Crippen molar-refractivity contribution in [2.45, 2.75) is 6.42 Å². The summed E-state index contributed by atoms with van der Waals surface area (Å²) in [6.07, 6.45) is 0.179. The maximum absolute atomic E-state index is 12.1. The van der Waals surface area contributed by atoms with Crippen molar-refractivity contribution in [1.82, 2.24) is 0 Å². The highest BCUT2D eigenvalue weighted by atomic mass is 35.5. The Morgan fingerprint density at radius 1 is 1.09 bits per heavy atom. The molecular formula is C15H10ClN3O3. The summed E-state index contributed by atoms with van der Waals surface area (Å²) in [5, 5.41) is 16.8. The Bertz CT molecular complexity index is 770. The number of halogens is 1. The molecule has 0 N–H and O–H groups in total. The monoisotopic (exact) mass is 315 g/mol. The fraction of sp³-hybridized carbons (Fsp3) is 0.0667. The Labute approximate surface area is 130 Å². The third kappa shape index (κ3) is 2.68. The van der Waals surface area contributed by atoms with E-state index in [0.29, 0.717) is 16.4 Å². The third-order valence-electron chi connectivity index (χ3n) is 3.26. The van der Waals surface area contributed by atoms with Gasteiger partial charge in [0.05, 0.1) is 22.7 Å². The van der Waals surface area contributed by atoms with Crippen LogP contribution in [0.2, 0.25) is 5.02 Å². The van der Waals surface area contributed by atoms with Gasteiger partial charge in [-0.2, -0.15) is 5.10 Å². The number of carbonyl (C=O) groups is 1. The molecule has 22 heavy (non-hydrogen) atoms. The second-order valence-corrected chi connectivity index (χ2v) is 5.15. The van der Waals surface area contributed by atoms with Gasteiger partial charge in [0.15, 0.2) is 0 Å². The summed E-state index contributed by atoms with van der Waals surface area (Å²) in [5.74, 6) is -0.182. The number of amides is 1. The molecule has 6 nitrogen and oxygen atoms in total. The van der Waals surface area contributed by atoms with Crippen LogP contribution in [0.25, 0.3) is 0 Å². The largest absolute Gasteiger partial charge is 0.272 e. The summed E-state index contributed by atoms with van der Waals surface area (Å²) in [4.78, 5) is 22.3. The van der Waals surface area contributed by atoms with E-state index < -0.39 is 4.92 Å². The molecule has 0 aliphatic carbocycles. The van der Waals surface area contributed by atoms with Gasteiger partial charge in [0, 0.05) is 17.2 Å². The van der Waals surface area contributed by atoms with Crippen molar-refractivity contribution in [2.75, 3.05) is 5.01 Å². The number of carbonyl (C=O) groups excluding carboxylic acids is 1. The molecule has 0 saturated heterocycles. The zero-order valence-corrected chi connectivity index (χ0v) is 12.0. The first-order valence-electron chi connectivity index (χ1n) is 6.45. The van der Waals surface area contributed by atoms with E-state index in [0.717, 1.165) is 5.56 Å². The van der Waals surface area contributed by atoms with Gasteiger partial charge in [0.25, 0.3) is 11.6 Å². The number of hydrogen-bond donors (Lipinski definition) is 0. The summed E-state index contributed by atoms with van der Waals surface area (Å²) in [6, 6.07) is 12.8. The molecule has 3 rings (SSSR count). The first-order valence-corrected chi connectivity index (χ1v) is 6.83. The Morgan fingerprint density at radius 2 is 1.73 bits per heavy atom. The minimum Gasteiger partial charge on any atom is -0.272 e. The predicted molar refractivity (Wildman–Crippen MR) is 83.2 cm³/mol. The van der Waals surface area contributed by atoms with Crippen molar-refractivity contribution < 1.29 is 9.72 Å². The van der Waals surface area contributed by atoms with E-state index in [9.17, 15) is 14.9 Å². The molecule has 0 unspecified atom stereocenters. The molecule has 0 atom stereocenters. The first kappa shape index (κ1) is 14.2. The summed E-state index contributed by atoms with van der Waals surface area (Å²) in [7, 11) is 0. The van der Waals surface area contributed by atoms with Gasteiger partial charge in [-0.3, -0.25) is 14.9 Å². The molecule has 0 saturated carbocycles. The lowest BCUT2D eigenvalue weighted by Crippen LogP contribution is -2.19. The highest BCUT2D eigenvalue weighted by Crippen LogP contribution is 2.25.